The number of anilines is 1. The molecule has 4 rings (SSSR count). The molecule has 28 heavy (non-hydrogen) atoms. The molecule has 2 N–H and O–H groups in total. The summed E-state index contributed by atoms with van der Waals surface area (Å²) in [4.78, 5) is 17.3. The van der Waals surface area contributed by atoms with Crippen molar-refractivity contribution in [2.45, 2.75) is 0 Å². The molecule has 0 saturated carbocycles. The average molecular weight is 426 g/mol. The fourth-order valence-corrected chi connectivity index (χ4v) is 4.64. The number of nitrogens with one attached hydrogen (secondary N) is 2. The molecule has 0 bridgehead atoms. The summed E-state index contributed by atoms with van der Waals surface area (Å²) in [5, 5.41) is 4.06. The Kier molecular flexibility index (Phi) is 5.05. The minimum absolute atomic E-state index is 0.486. The zero-order chi connectivity index (χ0) is 19.7. The van der Waals surface area contributed by atoms with E-state index in [1.54, 1.807) is 30.7 Å². The van der Waals surface area contributed by atoms with Gasteiger partial charge in [0.25, 0.3) is 0 Å². The van der Waals surface area contributed by atoms with E-state index in [1.807, 2.05) is 25.2 Å². The molecule has 5 nitrogen and oxygen atoms in total. The van der Waals surface area contributed by atoms with E-state index in [2.05, 4.69) is 25.1 Å². The molecule has 1 aromatic carbocycles. The molecule has 8 heteroatoms. The smallest absolute Gasteiger partial charge is 0.213 e. The number of H-pyrrole nitrogens is 1. The number of aromatic nitrogens is 3. The predicted octanol–water partition coefficient (Wildman–Crippen LogP) is 6.77. The molecule has 0 atom stereocenters. The van der Waals surface area contributed by atoms with Crippen LogP contribution in [0.15, 0.2) is 48.9 Å². The van der Waals surface area contributed by atoms with E-state index in [0.29, 0.717) is 21.6 Å². The second-order valence-electron chi connectivity index (χ2n) is 5.84. The quantitative estimate of drug-likeness (QED) is 0.354. The highest BCUT2D eigenvalue weighted by Gasteiger charge is 2.24. The van der Waals surface area contributed by atoms with Gasteiger partial charge in [0.2, 0.25) is 5.69 Å². The van der Waals surface area contributed by atoms with E-state index in [-0.39, 0.29) is 0 Å². The van der Waals surface area contributed by atoms with E-state index in [9.17, 15) is 0 Å². The molecule has 0 radical (unpaired) electrons. The molecule has 0 aliphatic rings. The lowest BCUT2D eigenvalue weighted by atomic mass is 10.0. The topological polar surface area (TPSA) is 58.0 Å². The lowest BCUT2D eigenvalue weighted by molar-refractivity contribution is 1.29. The van der Waals surface area contributed by atoms with Crippen molar-refractivity contribution in [3.8, 4) is 32.3 Å². The molecule has 3 aromatic heterocycles. The van der Waals surface area contributed by atoms with Crippen molar-refractivity contribution in [1.82, 2.24) is 15.0 Å². The Morgan fingerprint density at radius 3 is 2.64 bits per heavy atom. The Bertz CT molecular complexity index is 1190. The second-order valence-corrected chi connectivity index (χ2v) is 7.70. The number of halogens is 2. The zero-order valence-corrected chi connectivity index (χ0v) is 17.0. The SMILES string of the molecule is [C-]#[N+]c1c(-c2ccnc(NC)c2)sc(-c2ncc[nH]2)c1-c1ccc(Cl)cc1Cl. The summed E-state index contributed by atoms with van der Waals surface area (Å²) < 4.78 is 0. The van der Waals surface area contributed by atoms with Crippen LogP contribution in [0.25, 0.3) is 37.1 Å². The number of rotatable bonds is 4. The fraction of sp³-hybridized carbons (Fsp3) is 0.0500. The van der Waals surface area contributed by atoms with Gasteiger partial charge in [0, 0.05) is 46.1 Å². The van der Waals surface area contributed by atoms with Gasteiger partial charge in [0.1, 0.15) is 11.6 Å². The van der Waals surface area contributed by atoms with Crippen molar-refractivity contribution < 1.29 is 0 Å². The standard InChI is InChI=1S/C20H13Cl2N5S/c1-23-15-9-11(5-6-25-15)18-17(24-2)16(13-4-3-12(21)10-14(13)22)19(28-18)20-26-7-8-27-20/h3-10H,1H3,(H,23,25)(H,26,27). The molecule has 0 aliphatic heterocycles. The summed E-state index contributed by atoms with van der Waals surface area (Å²) in [5.74, 6) is 1.41. The van der Waals surface area contributed by atoms with Crippen LogP contribution >= 0.6 is 34.5 Å². The summed E-state index contributed by atoms with van der Waals surface area (Å²) >= 11 is 14.1. The number of pyridine rings is 1. The molecule has 0 unspecified atom stereocenters. The van der Waals surface area contributed by atoms with Gasteiger partial charge in [-0.3, -0.25) is 0 Å². The minimum atomic E-state index is 0.486. The molecule has 3 heterocycles. The highest BCUT2D eigenvalue weighted by molar-refractivity contribution is 7.20. The maximum absolute atomic E-state index is 7.87. The first-order valence-electron chi connectivity index (χ1n) is 8.26. The summed E-state index contributed by atoms with van der Waals surface area (Å²) in [6, 6.07) is 9.09. The van der Waals surface area contributed by atoms with Crippen molar-refractivity contribution in [3.63, 3.8) is 0 Å². The van der Waals surface area contributed by atoms with E-state index in [4.69, 9.17) is 29.8 Å². The number of imidazole rings is 1. The third-order valence-electron chi connectivity index (χ3n) is 4.19. The minimum Gasteiger partial charge on any atom is -0.373 e. The third kappa shape index (κ3) is 3.25. The van der Waals surface area contributed by atoms with E-state index < -0.39 is 0 Å². The van der Waals surface area contributed by atoms with E-state index in [0.717, 1.165) is 32.3 Å². The molecule has 0 spiro atoms. The third-order valence-corrected chi connectivity index (χ3v) is 5.97. The summed E-state index contributed by atoms with van der Waals surface area (Å²) in [6.07, 6.45) is 5.16. The number of benzene rings is 1. The first-order valence-corrected chi connectivity index (χ1v) is 9.83. The second kappa shape index (κ2) is 7.64. The van der Waals surface area contributed by atoms with E-state index in [1.165, 1.54) is 11.3 Å². The maximum Gasteiger partial charge on any atom is 0.213 e. The predicted molar refractivity (Wildman–Crippen MR) is 116 cm³/mol. The van der Waals surface area contributed by atoms with Gasteiger partial charge in [0.15, 0.2) is 0 Å². The lowest BCUT2D eigenvalue weighted by Crippen LogP contribution is -1.91. The van der Waals surface area contributed by atoms with Gasteiger partial charge in [-0.05, 0) is 35.4 Å². The van der Waals surface area contributed by atoms with Crippen molar-refractivity contribution in [1.29, 1.82) is 0 Å². The van der Waals surface area contributed by atoms with Gasteiger partial charge in [0.05, 0.1) is 11.4 Å². The Morgan fingerprint density at radius 1 is 1.11 bits per heavy atom. The van der Waals surface area contributed by atoms with Gasteiger partial charge in [-0.1, -0.05) is 29.3 Å². The van der Waals surface area contributed by atoms with Crippen LogP contribution in [-0.4, -0.2) is 22.0 Å². The fourth-order valence-electron chi connectivity index (χ4n) is 2.93. The van der Waals surface area contributed by atoms with Gasteiger partial charge in [-0.25, -0.2) is 14.8 Å². The van der Waals surface area contributed by atoms with Crippen LogP contribution in [0.4, 0.5) is 11.5 Å². The Labute approximate surface area is 175 Å². The number of hydrogen-bond donors (Lipinski definition) is 2. The normalized spacial score (nSPS) is 10.6. The molecular weight excluding hydrogens is 413 g/mol. The summed E-state index contributed by atoms with van der Waals surface area (Å²) in [5.41, 5.74) is 2.91. The molecular formula is C20H13Cl2N5S. The van der Waals surface area contributed by atoms with Gasteiger partial charge in [-0.15, -0.1) is 11.3 Å². The largest absolute Gasteiger partial charge is 0.373 e. The Morgan fingerprint density at radius 2 is 1.96 bits per heavy atom. The molecule has 4 aromatic rings. The molecule has 0 amide bonds. The van der Waals surface area contributed by atoms with Crippen LogP contribution in [0.5, 0.6) is 0 Å². The van der Waals surface area contributed by atoms with Crippen molar-refractivity contribution in [3.05, 3.63) is 70.4 Å². The highest BCUT2D eigenvalue weighted by atomic mass is 35.5. The molecule has 0 fully saturated rings. The van der Waals surface area contributed by atoms with Gasteiger partial charge < -0.3 is 10.3 Å². The molecule has 138 valence electrons. The lowest BCUT2D eigenvalue weighted by Gasteiger charge is -2.07. The Balaban J connectivity index is 2.03. The monoisotopic (exact) mass is 425 g/mol. The van der Waals surface area contributed by atoms with Crippen LogP contribution in [0.2, 0.25) is 10.0 Å². The highest BCUT2D eigenvalue weighted by Crippen LogP contribution is 2.53. The summed E-state index contributed by atoms with van der Waals surface area (Å²) in [7, 11) is 1.81. The van der Waals surface area contributed by atoms with Gasteiger partial charge >= 0.3 is 0 Å². The van der Waals surface area contributed by atoms with Crippen molar-refractivity contribution >= 4 is 46.0 Å². The zero-order valence-electron chi connectivity index (χ0n) is 14.6. The van der Waals surface area contributed by atoms with E-state index >= 15 is 0 Å². The number of hydrogen-bond acceptors (Lipinski definition) is 4. The van der Waals surface area contributed by atoms with Crippen LogP contribution in [-0.2, 0) is 0 Å². The number of aromatic amines is 1. The molecule has 0 aliphatic carbocycles. The maximum atomic E-state index is 7.87. The van der Waals surface area contributed by atoms with Crippen LogP contribution < -0.4 is 5.32 Å². The average Bonchev–Trinajstić information content (AvgIpc) is 3.35. The Hall–Kier alpha value is -2.85. The van der Waals surface area contributed by atoms with Crippen molar-refractivity contribution in [2.24, 2.45) is 0 Å². The number of nitrogens with zero attached hydrogens (tertiary/aromatic N) is 3. The van der Waals surface area contributed by atoms with Crippen LogP contribution in [0.1, 0.15) is 0 Å². The first-order chi connectivity index (χ1) is 13.6. The first kappa shape index (κ1) is 18.5. The van der Waals surface area contributed by atoms with Crippen molar-refractivity contribution in [2.75, 3.05) is 12.4 Å². The summed E-state index contributed by atoms with van der Waals surface area (Å²) in [6.45, 7) is 7.87. The number of thiophene rings is 1. The van der Waals surface area contributed by atoms with Crippen LogP contribution in [0.3, 0.4) is 0 Å². The van der Waals surface area contributed by atoms with Crippen LogP contribution in [0, 0.1) is 6.57 Å². The molecule has 0 saturated heterocycles. The van der Waals surface area contributed by atoms with Gasteiger partial charge in [-0.2, -0.15) is 0 Å².